The van der Waals surface area contributed by atoms with Gasteiger partial charge >= 0.3 is 0 Å². The Kier molecular flexibility index (Phi) is 4.19. The number of nitrogens with zero attached hydrogens (tertiary/aromatic N) is 1. The molecule has 18 heavy (non-hydrogen) atoms. The maximum Gasteiger partial charge on any atom is 0.225 e. The minimum Gasteiger partial charge on any atom is -0.439 e. The van der Waals surface area contributed by atoms with Crippen LogP contribution in [0.2, 0.25) is 0 Å². The van der Waals surface area contributed by atoms with Crippen LogP contribution in [0.1, 0.15) is 16.8 Å². The quantitative estimate of drug-likeness (QED) is 0.856. The average molecular weight is 355 g/mol. The molecule has 0 saturated carbocycles. The summed E-state index contributed by atoms with van der Waals surface area (Å²) in [6.07, 6.45) is 0. The predicted molar refractivity (Wildman–Crippen MR) is 78.9 cm³/mol. The second kappa shape index (κ2) is 5.67. The number of aromatic nitrogens is 1. The van der Waals surface area contributed by atoms with Gasteiger partial charge < -0.3 is 9.84 Å². The van der Waals surface area contributed by atoms with E-state index in [-0.39, 0.29) is 6.61 Å². The van der Waals surface area contributed by atoms with Gasteiger partial charge in [0.2, 0.25) is 5.88 Å². The summed E-state index contributed by atoms with van der Waals surface area (Å²) in [5.41, 5.74) is 2.61. The first-order chi connectivity index (χ1) is 8.60. The lowest BCUT2D eigenvalue weighted by Crippen LogP contribution is -1.99. The summed E-state index contributed by atoms with van der Waals surface area (Å²) in [5, 5.41) is 9.39. The average Bonchev–Trinajstić information content (AvgIpc) is 2.32. The third-order valence-corrected chi connectivity index (χ3v) is 3.34. The van der Waals surface area contributed by atoms with Crippen molar-refractivity contribution in [2.45, 2.75) is 20.5 Å². The van der Waals surface area contributed by atoms with Crippen molar-refractivity contribution in [3.63, 3.8) is 0 Å². The van der Waals surface area contributed by atoms with E-state index in [2.05, 4.69) is 27.6 Å². The maximum absolute atomic E-state index is 9.39. The molecule has 0 aliphatic carbocycles. The van der Waals surface area contributed by atoms with Crippen molar-refractivity contribution < 1.29 is 9.84 Å². The molecule has 1 aromatic carbocycles. The molecule has 2 rings (SSSR count). The van der Waals surface area contributed by atoms with Crippen LogP contribution in [0.5, 0.6) is 11.6 Å². The number of hydrogen-bond donors (Lipinski definition) is 1. The van der Waals surface area contributed by atoms with Crippen LogP contribution in [-0.4, -0.2) is 10.1 Å². The number of ether oxygens (including phenoxy) is 1. The van der Waals surface area contributed by atoms with E-state index in [4.69, 9.17) is 4.74 Å². The molecule has 94 valence electrons. The van der Waals surface area contributed by atoms with Gasteiger partial charge in [-0.1, -0.05) is 0 Å². The van der Waals surface area contributed by atoms with Gasteiger partial charge in [-0.05, 0) is 72.3 Å². The molecule has 3 nitrogen and oxygen atoms in total. The first-order valence-corrected chi connectivity index (χ1v) is 6.69. The Morgan fingerprint density at radius 1 is 1.22 bits per heavy atom. The zero-order valence-electron chi connectivity index (χ0n) is 10.3. The summed E-state index contributed by atoms with van der Waals surface area (Å²) >= 11 is 2.24. The molecule has 0 fully saturated rings. The van der Waals surface area contributed by atoms with Crippen LogP contribution in [0.25, 0.3) is 0 Å². The number of pyridine rings is 1. The van der Waals surface area contributed by atoms with Crippen molar-refractivity contribution in [3.05, 3.63) is 50.7 Å². The molecule has 1 aromatic heterocycles. The summed E-state index contributed by atoms with van der Waals surface area (Å²) in [5.74, 6) is 1.21. The molecule has 0 aliphatic heterocycles. The monoisotopic (exact) mass is 355 g/mol. The van der Waals surface area contributed by atoms with Gasteiger partial charge in [-0.3, -0.25) is 0 Å². The van der Waals surface area contributed by atoms with Crippen LogP contribution in [-0.2, 0) is 6.61 Å². The van der Waals surface area contributed by atoms with Crippen LogP contribution >= 0.6 is 22.6 Å². The Morgan fingerprint density at radius 2 is 1.89 bits per heavy atom. The number of aliphatic hydroxyl groups is 1. The largest absolute Gasteiger partial charge is 0.439 e. The molecule has 1 heterocycles. The van der Waals surface area contributed by atoms with Crippen molar-refractivity contribution in [2.24, 2.45) is 0 Å². The van der Waals surface area contributed by atoms with Crippen molar-refractivity contribution in [2.75, 3.05) is 0 Å². The van der Waals surface area contributed by atoms with Crippen LogP contribution in [0.4, 0.5) is 0 Å². The highest BCUT2D eigenvalue weighted by atomic mass is 127. The summed E-state index contributed by atoms with van der Waals surface area (Å²) in [6.45, 7) is 3.79. The highest BCUT2D eigenvalue weighted by Crippen LogP contribution is 2.26. The fourth-order valence-electron chi connectivity index (χ4n) is 1.72. The maximum atomic E-state index is 9.39. The molecule has 0 atom stereocenters. The van der Waals surface area contributed by atoms with E-state index < -0.39 is 0 Å². The lowest BCUT2D eigenvalue weighted by Gasteiger charge is -2.12. The van der Waals surface area contributed by atoms with Gasteiger partial charge in [-0.15, -0.1) is 0 Å². The number of aliphatic hydroxyl groups excluding tert-OH is 1. The molecular formula is C14H14INO2. The molecule has 0 spiro atoms. The zero-order chi connectivity index (χ0) is 13.1. The van der Waals surface area contributed by atoms with E-state index in [1.807, 2.05) is 44.2 Å². The van der Waals surface area contributed by atoms with Crippen molar-refractivity contribution in [1.29, 1.82) is 0 Å². The third-order valence-electron chi connectivity index (χ3n) is 2.62. The number of aryl methyl sites for hydroxylation is 2. The zero-order valence-corrected chi connectivity index (χ0v) is 12.4. The summed E-state index contributed by atoms with van der Waals surface area (Å²) < 4.78 is 6.89. The Hall–Kier alpha value is -1.14. The van der Waals surface area contributed by atoms with Crippen molar-refractivity contribution in [3.8, 4) is 11.6 Å². The second-order valence-corrected chi connectivity index (χ2v) is 5.32. The molecule has 1 N–H and O–H groups in total. The Morgan fingerprint density at radius 3 is 2.50 bits per heavy atom. The number of benzene rings is 1. The minimum atomic E-state index is -0.0706. The number of halogens is 1. The van der Waals surface area contributed by atoms with Crippen LogP contribution in [0, 0.1) is 17.4 Å². The van der Waals surface area contributed by atoms with E-state index in [9.17, 15) is 5.11 Å². The van der Waals surface area contributed by atoms with E-state index in [1.165, 1.54) is 0 Å². The highest BCUT2D eigenvalue weighted by Gasteiger charge is 2.10. The van der Waals surface area contributed by atoms with Gasteiger partial charge in [0.05, 0.1) is 6.61 Å². The SMILES string of the molecule is Cc1cc(C)c(CO)c(Oc2ccc(I)cc2)n1. The molecule has 2 aromatic rings. The molecule has 0 aliphatic rings. The van der Waals surface area contributed by atoms with Crippen molar-refractivity contribution in [1.82, 2.24) is 4.98 Å². The van der Waals surface area contributed by atoms with Gasteiger partial charge in [0.15, 0.2) is 0 Å². The molecule has 0 saturated heterocycles. The molecule has 0 radical (unpaired) electrons. The summed E-state index contributed by atoms with van der Waals surface area (Å²) in [7, 11) is 0. The summed E-state index contributed by atoms with van der Waals surface area (Å²) in [4.78, 5) is 4.34. The fraction of sp³-hybridized carbons (Fsp3) is 0.214. The van der Waals surface area contributed by atoms with Gasteiger partial charge in [-0.25, -0.2) is 4.98 Å². The van der Waals surface area contributed by atoms with E-state index in [1.54, 1.807) is 0 Å². The van der Waals surface area contributed by atoms with E-state index >= 15 is 0 Å². The van der Waals surface area contributed by atoms with Crippen LogP contribution < -0.4 is 4.74 Å². The van der Waals surface area contributed by atoms with Gasteiger partial charge in [0.1, 0.15) is 5.75 Å². The Balaban J connectivity index is 2.36. The normalized spacial score (nSPS) is 10.4. The first-order valence-electron chi connectivity index (χ1n) is 5.61. The van der Waals surface area contributed by atoms with E-state index in [0.29, 0.717) is 5.88 Å². The molecule has 0 bridgehead atoms. The summed E-state index contributed by atoms with van der Waals surface area (Å²) in [6, 6.07) is 9.66. The molecule has 0 amide bonds. The van der Waals surface area contributed by atoms with Gasteiger partial charge in [0.25, 0.3) is 0 Å². The Bertz CT molecular complexity index is 552. The second-order valence-electron chi connectivity index (χ2n) is 4.08. The Labute approximate surface area is 120 Å². The third kappa shape index (κ3) is 3.00. The van der Waals surface area contributed by atoms with Gasteiger partial charge in [0, 0.05) is 14.8 Å². The highest BCUT2D eigenvalue weighted by molar-refractivity contribution is 14.1. The van der Waals surface area contributed by atoms with Gasteiger partial charge in [-0.2, -0.15) is 0 Å². The lowest BCUT2D eigenvalue weighted by molar-refractivity contribution is 0.274. The number of rotatable bonds is 3. The molecule has 0 unspecified atom stereocenters. The molecular weight excluding hydrogens is 341 g/mol. The fourth-order valence-corrected chi connectivity index (χ4v) is 2.08. The topological polar surface area (TPSA) is 42.4 Å². The number of hydrogen-bond acceptors (Lipinski definition) is 3. The van der Waals surface area contributed by atoms with E-state index in [0.717, 1.165) is 26.1 Å². The lowest BCUT2D eigenvalue weighted by atomic mass is 10.1. The molecule has 4 heteroatoms. The first kappa shape index (κ1) is 13.3. The minimum absolute atomic E-state index is 0.0706. The standard InChI is InChI=1S/C14H14INO2/c1-9-7-10(2)16-14(13(9)8-17)18-12-5-3-11(15)4-6-12/h3-7,17H,8H2,1-2H3. The smallest absolute Gasteiger partial charge is 0.225 e. The predicted octanol–water partition coefficient (Wildman–Crippen LogP) is 3.59. The van der Waals surface area contributed by atoms with Crippen LogP contribution in [0.3, 0.4) is 0 Å². The van der Waals surface area contributed by atoms with Crippen molar-refractivity contribution >= 4 is 22.6 Å². The van der Waals surface area contributed by atoms with Crippen LogP contribution in [0.15, 0.2) is 30.3 Å².